The number of ether oxygens (including phenoxy) is 1. The molecule has 0 aliphatic rings. The predicted octanol–water partition coefficient (Wildman–Crippen LogP) is 4.88. The van der Waals surface area contributed by atoms with Crippen LogP contribution < -0.4 is 4.74 Å². The molecule has 2 aromatic carbocycles. The van der Waals surface area contributed by atoms with Crippen molar-refractivity contribution in [3.63, 3.8) is 0 Å². The monoisotopic (exact) mass is 312 g/mol. The van der Waals surface area contributed by atoms with E-state index in [1.807, 2.05) is 54.6 Å². The molecule has 0 unspecified atom stereocenters. The average molecular weight is 312 g/mol. The number of nitrogens with zero attached hydrogens (tertiary/aromatic N) is 2. The van der Waals surface area contributed by atoms with Gasteiger partial charge in [-0.05, 0) is 35.9 Å². The van der Waals surface area contributed by atoms with Gasteiger partial charge in [0.15, 0.2) is 0 Å². The van der Waals surface area contributed by atoms with Crippen LogP contribution in [0, 0.1) is 0 Å². The van der Waals surface area contributed by atoms with Crippen molar-refractivity contribution in [1.82, 2.24) is 9.97 Å². The first-order chi connectivity index (χ1) is 11.9. The van der Waals surface area contributed by atoms with Gasteiger partial charge >= 0.3 is 0 Å². The Kier molecular flexibility index (Phi) is 3.90. The third-order valence-electron chi connectivity index (χ3n) is 3.91. The minimum atomic E-state index is 0.437. The van der Waals surface area contributed by atoms with Crippen LogP contribution in [-0.2, 0) is 6.61 Å². The normalized spacial score (nSPS) is 10.7. The van der Waals surface area contributed by atoms with Crippen LogP contribution in [0.25, 0.3) is 22.0 Å². The zero-order valence-corrected chi connectivity index (χ0v) is 13.1. The summed E-state index contributed by atoms with van der Waals surface area (Å²) >= 11 is 0. The number of hydrogen-bond donors (Lipinski definition) is 0. The highest BCUT2D eigenvalue weighted by Gasteiger charge is 2.06. The third-order valence-corrected chi connectivity index (χ3v) is 3.91. The maximum Gasteiger partial charge on any atom is 0.130 e. The van der Waals surface area contributed by atoms with E-state index in [4.69, 9.17) is 4.74 Å². The summed E-state index contributed by atoms with van der Waals surface area (Å²) in [5, 5.41) is 1.14. The quantitative estimate of drug-likeness (QED) is 0.539. The van der Waals surface area contributed by atoms with Gasteiger partial charge in [0.25, 0.3) is 0 Å². The summed E-state index contributed by atoms with van der Waals surface area (Å²) in [5.74, 6) is 0.846. The number of hydrogen-bond acceptors (Lipinski definition) is 3. The zero-order chi connectivity index (χ0) is 16.2. The summed E-state index contributed by atoms with van der Waals surface area (Å²) in [7, 11) is 0. The second kappa shape index (κ2) is 6.50. The highest BCUT2D eigenvalue weighted by molar-refractivity contribution is 5.78. The molecule has 2 aromatic heterocycles. The van der Waals surface area contributed by atoms with E-state index in [2.05, 4.69) is 28.2 Å². The fraction of sp³-hybridized carbons (Fsp3) is 0.0476. The van der Waals surface area contributed by atoms with E-state index < -0.39 is 0 Å². The highest BCUT2D eigenvalue weighted by Crippen LogP contribution is 2.29. The summed E-state index contributed by atoms with van der Waals surface area (Å²) in [6, 6.07) is 24.2. The van der Waals surface area contributed by atoms with Gasteiger partial charge in [0.05, 0.1) is 11.2 Å². The fourth-order valence-corrected chi connectivity index (χ4v) is 2.70. The minimum absolute atomic E-state index is 0.437. The molecular weight excluding hydrogens is 296 g/mol. The van der Waals surface area contributed by atoms with Gasteiger partial charge in [-0.2, -0.15) is 0 Å². The van der Waals surface area contributed by atoms with E-state index in [1.54, 1.807) is 12.4 Å². The Labute approximate surface area is 140 Å². The molecule has 0 fully saturated rings. The van der Waals surface area contributed by atoms with Gasteiger partial charge in [0.2, 0.25) is 0 Å². The van der Waals surface area contributed by atoms with Crippen molar-refractivity contribution in [2.24, 2.45) is 0 Å². The largest absolute Gasteiger partial charge is 0.487 e. The highest BCUT2D eigenvalue weighted by atomic mass is 16.5. The molecule has 3 nitrogen and oxygen atoms in total. The van der Waals surface area contributed by atoms with E-state index in [1.165, 1.54) is 0 Å². The summed E-state index contributed by atoms with van der Waals surface area (Å²) in [4.78, 5) is 8.73. The van der Waals surface area contributed by atoms with Crippen LogP contribution in [0.5, 0.6) is 5.75 Å². The number of aromatic nitrogens is 2. The molecule has 2 heterocycles. The number of benzene rings is 2. The van der Waals surface area contributed by atoms with E-state index in [9.17, 15) is 0 Å². The van der Waals surface area contributed by atoms with E-state index in [0.29, 0.717) is 6.61 Å². The van der Waals surface area contributed by atoms with Crippen LogP contribution in [-0.4, -0.2) is 9.97 Å². The van der Waals surface area contributed by atoms with Crippen molar-refractivity contribution in [1.29, 1.82) is 0 Å². The fourth-order valence-electron chi connectivity index (χ4n) is 2.70. The molecule has 0 aliphatic carbocycles. The molecule has 4 rings (SSSR count). The van der Waals surface area contributed by atoms with Gasteiger partial charge < -0.3 is 4.74 Å². The topological polar surface area (TPSA) is 35.0 Å². The molecule has 0 aliphatic heterocycles. The van der Waals surface area contributed by atoms with Crippen molar-refractivity contribution >= 4 is 10.9 Å². The van der Waals surface area contributed by atoms with Gasteiger partial charge in [0.1, 0.15) is 12.4 Å². The molecule has 0 saturated carbocycles. The van der Waals surface area contributed by atoms with Crippen molar-refractivity contribution in [2.75, 3.05) is 0 Å². The maximum absolute atomic E-state index is 6.04. The smallest absolute Gasteiger partial charge is 0.130 e. The first kappa shape index (κ1) is 14.4. The Hall–Kier alpha value is -3.20. The SMILES string of the molecule is c1ccc(-c2ccncc2)c(OCc2ccc3ccccc3n2)c1. The maximum atomic E-state index is 6.04. The molecule has 0 radical (unpaired) electrons. The molecule has 0 N–H and O–H groups in total. The first-order valence-corrected chi connectivity index (χ1v) is 7.87. The third kappa shape index (κ3) is 2.97. The van der Waals surface area contributed by atoms with Crippen molar-refractivity contribution < 1.29 is 4.74 Å². The van der Waals surface area contributed by atoms with Crippen molar-refractivity contribution in [3.8, 4) is 16.9 Å². The molecule has 0 atom stereocenters. The van der Waals surface area contributed by atoms with E-state index >= 15 is 0 Å². The second-order valence-corrected chi connectivity index (χ2v) is 5.52. The molecular formula is C21H16N2O. The van der Waals surface area contributed by atoms with Crippen LogP contribution in [0.2, 0.25) is 0 Å². The molecule has 0 saturated heterocycles. The Morgan fingerprint density at radius 3 is 2.46 bits per heavy atom. The molecule has 0 spiro atoms. The summed E-state index contributed by atoms with van der Waals surface area (Å²) in [6.07, 6.45) is 3.58. The van der Waals surface area contributed by atoms with Crippen molar-refractivity contribution in [2.45, 2.75) is 6.61 Å². The van der Waals surface area contributed by atoms with Gasteiger partial charge in [-0.15, -0.1) is 0 Å². The molecule has 3 heteroatoms. The molecule has 24 heavy (non-hydrogen) atoms. The van der Waals surface area contributed by atoms with Gasteiger partial charge in [0, 0.05) is 23.3 Å². The van der Waals surface area contributed by atoms with Crippen LogP contribution >= 0.6 is 0 Å². The van der Waals surface area contributed by atoms with Gasteiger partial charge in [-0.1, -0.05) is 42.5 Å². The lowest BCUT2D eigenvalue weighted by Crippen LogP contribution is -1.99. The molecule has 116 valence electrons. The predicted molar refractivity (Wildman–Crippen MR) is 95.7 cm³/mol. The standard InChI is InChI=1S/C21H16N2O/c1-3-7-20-17(5-1)9-10-18(23-20)15-24-21-8-4-2-6-19(21)16-11-13-22-14-12-16/h1-14H,15H2. The average Bonchev–Trinajstić information content (AvgIpc) is 2.67. The Morgan fingerprint density at radius 2 is 1.54 bits per heavy atom. The van der Waals surface area contributed by atoms with Crippen LogP contribution in [0.1, 0.15) is 5.69 Å². The Morgan fingerprint density at radius 1 is 0.750 bits per heavy atom. The lowest BCUT2D eigenvalue weighted by Gasteiger charge is -2.11. The van der Waals surface area contributed by atoms with Crippen LogP contribution in [0.4, 0.5) is 0 Å². The van der Waals surface area contributed by atoms with Crippen molar-refractivity contribution in [3.05, 3.63) is 90.9 Å². The van der Waals surface area contributed by atoms with E-state index in [0.717, 1.165) is 33.5 Å². The summed E-state index contributed by atoms with van der Waals surface area (Å²) in [5.41, 5.74) is 4.05. The van der Waals surface area contributed by atoms with Crippen LogP contribution in [0.15, 0.2) is 85.2 Å². The number of fused-ring (bicyclic) bond motifs is 1. The zero-order valence-electron chi connectivity index (χ0n) is 13.1. The lowest BCUT2D eigenvalue weighted by molar-refractivity contribution is 0.303. The second-order valence-electron chi connectivity index (χ2n) is 5.52. The van der Waals surface area contributed by atoms with E-state index in [-0.39, 0.29) is 0 Å². The Balaban J connectivity index is 1.59. The molecule has 4 aromatic rings. The molecule has 0 bridgehead atoms. The van der Waals surface area contributed by atoms with Crippen LogP contribution in [0.3, 0.4) is 0 Å². The number of pyridine rings is 2. The Bertz CT molecular complexity index is 967. The van der Waals surface area contributed by atoms with Gasteiger partial charge in [-0.3, -0.25) is 4.98 Å². The summed E-state index contributed by atoms with van der Waals surface area (Å²) < 4.78 is 6.04. The lowest BCUT2D eigenvalue weighted by atomic mass is 10.1. The summed E-state index contributed by atoms with van der Waals surface area (Å²) in [6.45, 7) is 0.437. The number of rotatable bonds is 4. The van der Waals surface area contributed by atoms with Gasteiger partial charge in [-0.25, -0.2) is 4.98 Å². The minimum Gasteiger partial charge on any atom is -0.487 e. The number of para-hydroxylation sites is 2. The molecule has 0 amide bonds. The first-order valence-electron chi connectivity index (χ1n) is 7.87.